The van der Waals surface area contributed by atoms with Crippen LogP contribution in [0, 0.1) is 12.8 Å². The highest BCUT2D eigenvalue weighted by Crippen LogP contribution is 2.27. The molecule has 0 heterocycles. The molecule has 20 heavy (non-hydrogen) atoms. The zero-order valence-corrected chi connectivity index (χ0v) is 12.7. The summed E-state index contributed by atoms with van der Waals surface area (Å²) in [4.78, 5) is 14.2. The van der Waals surface area contributed by atoms with Gasteiger partial charge in [0.05, 0.1) is 6.54 Å². The molecule has 0 aromatic heterocycles. The number of amides is 1. The molecule has 0 saturated heterocycles. The molecule has 1 fully saturated rings. The second-order valence-electron chi connectivity index (χ2n) is 5.88. The van der Waals surface area contributed by atoms with Gasteiger partial charge in [0.25, 0.3) is 0 Å². The highest BCUT2D eigenvalue weighted by Gasteiger charge is 2.21. The van der Waals surface area contributed by atoms with Gasteiger partial charge in [-0.2, -0.15) is 0 Å². The summed E-state index contributed by atoms with van der Waals surface area (Å²) in [5.74, 6) is 1.03. The molecule has 1 saturated carbocycles. The Morgan fingerprint density at radius 1 is 1.30 bits per heavy atom. The van der Waals surface area contributed by atoms with E-state index in [-0.39, 0.29) is 5.91 Å². The smallest absolute Gasteiger partial charge is 0.236 e. The molecule has 0 aliphatic heterocycles. The van der Waals surface area contributed by atoms with E-state index in [4.69, 9.17) is 0 Å². The van der Waals surface area contributed by atoms with Crippen LogP contribution in [0.1, 0.15) is 37.3 Å². The fourth-order valence-corrected chi connectivity index (χ4v) is 2.29. The number of carbonyl (C=O) groups excluding carboxylic acids is 1. The van der Waals surface area contributed by atoms with E-state index in [9.17, 15) is 4.79 Å². The molecule has 0 unspecified atom stereocenters. The van der Waals surface area contributed by atoms with Crippen LogP contribution in [0.3, 0.4) is 0 Å². The molecule has 3 heteroatoms. The standard InChI is InChI=1S/C17H26N2O/c1-3-10-19(13-16-6-4-14(2)5-7-16)17(20)12-18-11-15-8-9-15/h4-7,15,18H,3,8-13H2,1-2H3. The fraction of sp³-hybridized carbons (Fsp3) is 0.588. The summed E-state index contributed by atoms with van der Waals surface area (Å²) in [6.45, 7) is 7.22. The molecule has 1 amide bonds. The van der Waals surface area contributed by atoms with Gasteiger partial charge in [-0.25, -0.2) is 0 Å². The van der Waals surface area contributed by atoms with Crippen LogP contribution in [0.25, 0.3) is 0 Å². The number of aryl methyl sites for hydroxylation is 1. The molecule has 0 radical (unpaired) electrons. The van der Waals surface area contributed by atoms with Crippen LogP contribution in [-0.2, 0) is 11.3 Å². The Hall–Kier alpha value is -1.35. The predicted octanol–water partition coefficient (Wildman–Crippen LogP) is 2.73. The number of carbonyl (C=O) groups is 1. The number of rotatable bonds is 8. The molecule has 1 aliphatic carbocycles. The van der Waals surface area contributed by atoms with E-state index < -0.39 is 0 Å². The van der Waals surface area contributed by atoms with E-state index >= 15 is 0 Å². The van der Waals surface area contributed by atoms with E-state index in [0.717, 1.165) is 32.0 Å². The minimum Gasteiger partial charge on any atom is -0.337 e. The average molecular weight is 274 g/mol. The van der Waals surface area contributed by atoms with Crippen LogP contribution in [0.2, 0.25) is 0 Å². The van der Waals surface area contributed by atoms with Crippen molar-refractivity contribution in [2.24, 2.45) is 5.92 Å². The van der Waals surface area contributed by atoms with E-state index in [2.05, 4.69) is 43.4 Å². The first-order chi connectivity index (χ1) is 9.69. The number of nitrogens with one attached hydrogen (secondary N) is 1. The Balaban J connectivity index is 1.83. The highest BCUT2D eigenvalue weighted by atomic mass is 16.2. The van der Waals surface area contributed by atoms with Crippen molar-refractivity contribution in [1.29, 1.82) is 0 Å². The number of hydrogen-bond acceptors (Lipinski definition) is 2. The van der Waals surface area contributed by atoms with Crippen LogP contribution in [0.15, 0.2) is 24.3 Å². The lowest BCUT2D eigenvalue weighted by Gasteiger charge is -2.22. The lowest BCUT2D eigenvalue weighted by Crippen LogP contribution is -2.38. The summed E-state index contributed by atoms with van der Waals surface area (Å²) in [5.41, 5.74) is 2.47. The van der Waals surface area contributed by atoms with E-state index in [0.29, 0.717) is 6.54 Å². The normalized spacial score (nSPS) is 14.3. The average Bonchev–Trinajstić information content (AvgIpc) is 3.25. The van der Waals surface area contributed by atoms with Crippen molar-refractivity contribution in [3.63, 3.8) is 0 Å². The first-order valence-corrected chi connectivity index (χ1v) is 7.73. The third kappa shape index (κ3) is 4.97. The molecule has 0 atom stereocenters. The van der Waals surface area contributed by atoms with Gasteiger partial charge in [0, 0.05) is 13.1 Å². The molecule has 3 nitrogen and oxygen atoms in total. The summed E-state index contributed by atoms with van der Waals surface area (Å²) < 4.78 is 0. The zero-order chi connectivity index (χ0) is 14.4. The molecular weight excluding hydrogens is 248 g/mol. The predicted molar refractivity (Wildman–Crippen MR) is 82.5 cm³/mol. The van der Waals surface area contributed by atoms with Gasteiger partial charge >= 0.3 is 0 Å². The summed E-state index contributed by atoms with van der Waals surface area (Å²) in [6, 6.07) is 8.44. The Morgan fingerprint density at radius 2 is 2.00 bits per heavy atom. The molecule has 1 aliphatic rings. The minimum atomic E-state index is 0.216. The first-order valence-electron chi connectivity index (χ1n) is 7.73. The van der Waals surface area contributed by atoms with Gasteiger partial charge in [0.1, 0.15) is 0 Å². The highest BCUT2D eigenvalue weighted by molar-refractivity contribution is 5.78. The molecular formula is C17H26N2O. The maximum atomic E-state index is 12.3. The summed E-state index contributed by atoms with van der Waals surface area (Å²) >= 11 is 0. The largest absolute Gasteiger partial charge is 0.337 e. The third-order valence-electron chi connectivity index (χ3n) is 3.75. The van der Waals surface area contributed by atoms with Crippen LogP contribution >= 0.6 is 0 Å². The molecule has 2 rings (SSSR count). The third-order valence-corrected chi connectivity index (χ3v) is 3.75. The van der Waals surface area contributed by atoms with Crippen molar-refractivity contribution >= 4 is 5.91 Å². The maximum absolute atomic E-state index is 12.3. The van der Waals surface area contributed by atoms with Gasteiger partial charge < -0.3 is 10.2 Å². The summed E-state index contributed by atoms with van der Waals surface area (Å²) in [7, 11) is 0. The van der Waals surface area contributed by atoms with Crippen molar-refractivity contribution in [2.45, 2.75) is 39.7 Å². The lowest BCUT2D eigenvalue weighted by atomic mass is 10.1. The zero-order valence-electron chi connectivity index (χ0n) is 12.7. The van der Waals surface area contributed by atoms with Gasteiger partial charge in [-0.1, -0.05) is 36.8 Å². The molecule has 1 aromatic carbocycles. The van der Waals surface area contributed by atoms with Gasteiger partial charge in [-0.15, -0.1) is 0 Å². The fourth-order valence-electron chi connectivity index (χ4n) is 2.29. The number of hydrogen-bond donors (Lipinski definition) is 1. The van der Waals surface area contributed by atoms with Crippen LogP contribution in [-0.4, -0.2) is 30.4 Å². The van der Waals surface area contributed by atoms with E-state index in [1.165, 1.54) is 24.0 Å². The van der Waals surface area contributed by atoms with Crippen molar-refractivity contribution in [3.8, 4) is 0 Å². The SMILES string of the molecule is CCCN(Cc1ccc(C)cc1)C(=O)CNCC1CC1. The topological polar surface area (TPSA) is 32.3 Å². The van der Waals surface area contributed by atoms with Gasteiger partial charge in [-0.3, -0.25) is 4.79 Å². The summed E-state index contributed by atoms with van der Waals surface area (Å²) in [6.07, 6.45) is 3.65. The Bertz CT molecular complexity index is 423. The quantitative estimate of drug-likeness (QED) is 0.790. The molecule has 0 spiro atoms. The Morgan fingerprint density at radius 3 is 2.60 bits per heavy atom. The summed E-state index contributed by atoms with van der Waals surface area (Å²) in [5, 5.41) is 3.29. The molecule has 1 aromatic rings. The molecule has 110 valence electrons. The van der Waals surface area contributed by atoms with E-state index in [1.54, 1.807) is 0 Å². The van der Waals surface area contributed by atoms with Crippen LogP contribution in [0.4, 0.5) is 0 Å². The van der Waals surface area contributed by atoms with Crippen LogP contribution in [0.5, 0.6) is 0 Å². The Kier molecular flexibility index (Phi) is 5.60. The molecule has 0 bridgehead atoms. The monoisotopic (exact) mass is 274 g/mol. The van der Waals surface area contributed by atoms with Crippen molar-refractivity contribution < 1.29 is 4.79 Å². The van der Waals surface area contributed by atoms with Crippen molar-refractivity contribution in [2.75, 3.05) is 19.6 Å². The first kappa shape index (κ1) is 15.0. The van der Waals surface area contributed by atoms with Gasteiger partial charge in [-0.05, 0) is 44.2 Å². The van der Waals surface area contributed by atoms with Gasteiger partial charge in [0.2, 0.25) is 5.91 Å². The maximum Gasteiger partial charge on any atom is 0.236 e. The van der Waals surface area contributed by atoms with E-state index in [1.807, 2.05) is 4.90 Å². The molecule has 1 N–H and O–H groups in total. The van der Waals surface area contributed by atoms with Crippen molar-refractivity contribution in [1.82, 2.24) is 10.2 Å². The Labute approximate surface area is 122 Å². The number of nitrogens with zero attached hydrogens (tertiary/aromatic N) is 1. The second-order valence-corrected chi connectivity index (χ2v) is 5.88. The minimum absolute atomic E-state index is 0.216. The number of benzene rings is 1. The van der Waals surface area contributed by atoms with Gasteiger partial charge in [0.15, 0.2) is 0 Å². The van der Waals surface area contributed by atoms with Crippen LogP contribution < -0.4 is 5.32 Å². The lowest BCUT2D eigenvalue weighted by molar-refractivity contribution is -0.130. The second kappa shape index (κ2) is 7.44. The van der Waals surface area contributed by atoms with Crippen molar-refractivity contribution in [3.05, 3.63) is 35.4 Å².